The molecule has 0 radical (unpaired) electrons. The van der Waals surface area contributed by atoms with E-state index in [-0.39, 0.29) is 28.1 Å². The van der Waals surface area contributed by atoms with Crippen molar-refractivity contribution in [2.45, 2.75) is 110 Å². The Morgan fingerprint density at radius 3 is 0.979 bits per heavy atom. The minimum absolute atomic E-state index is 0.0506. The van der Waals surface area contributed by atoms with Crippen molar-refractivity contribution in [3.05, 3.63) is 124 Å². The van der Waals surface area contributed by atoms with Crippen molar-refractivity contribution in [2.24, 2.45) is 5.41 Å². The van der Waals surface area contributed by atoms with E-state index in [2.05, 4.69) is 146 Å². The fourth-order valence-corrected chi connectivity index (χ4v) is 6.09. The van der Waals surface area contributed by atoms with Gasteiger partial charge in [-0.25, -0.2) is 0 Å². The molecule has 0 spiro atoms. The first kappa shape index (κ1) is 37.0. The number of hydrogen-bond acceptors (Lipinski definition) is 3. The molecule has 0 atom stereocenters. The molecule has 4 nitrogen and oxygen atoms in total. The van der Waals surface area contributed by atoms with Gasteiger partial charge in [0.05, 0.1) is 16.3 Å². The summed E-state index contributed by atoms with van der Waals surface area (Å²) in [4.78, 5) is 28.7. The zero-order valence-electron chi connectivity index (χ0n) is 30.9. The molecule has 0 aliphatic rings. The molecule has 4 aromatic carbocycles. The van der Waals surface area contributed by atoms with Crippen LogP contribution in [-0.2, 0) is 31.2 Å². The SMILES string of the molecule is CC(C)(C)C(=O)Nc1cccc(NC(=O)C(c2ccc(C(C)(C)C)cc2)(c2ccc(C(C)(C)C)cc2)c2ccc(C(C)(C)C)cc2)c1S. The first-order valence-electron chi connectivity index (χ1n) is 16.8. The lowest BCUT2D eigenvalue weighted by Crippen LogP contribution is -2.43. The van der Waals surface area contributed by atoms with Crippen molar-refractivity contribution in [3.8, 4) is 0 Å². The maximum absolute atomic E-state index is 15.3. The van der Waals surface area contributed by atoms with Gasteiger partial charge in [0, 0.05) is 5.41 Å². The molecule has 0 aliphatic carbocycles. The maximum Gasteiger partial charge on any atom is 0.244 e. The molecule has 0 unspecified atom stereocenters. The second-order valence-corrected chi connectivity index (χ2v) is 17.5. The molecule has 0 aliphatic heterocycles. The number of anilines is 2. The minimum atomic E-state index is -1.21. The van der Waals surface area contributed by atoms with Gasteiger partial charge in [-0.2, -0.15) is 0 Å². The molecule has 0 bridgehead atoms. The molecular weight excluding hydrogens is 609 g/mol. The van der Waals surface area contributed by atoms with Gasteiger partial charge >= 0.3 is 0 Å². The highest BCUT2D eigenvalue weighted by Gasteiger charge is 2.45. The molecule has 5 heteroatoms. The first-order chi connectivity index (χ1) is 22.1. The zero-order valence-corrected chi connectivity index (χ0v) is 31.8. The van der Waals surface area contributed by atoms with Crippen LogP contribution < -0.4 is 10.6 Å². The third kappa shape index (κ3) is 7.73. The van der Waals surface area contributed by atoms with Crippen molar-refractivity contribution < 1.29 is 9.59 Å². The molecule has 4 aromatic rings. The van der Waals surface area contributed by atoms with Crippen LogP contribution in [0.15, 0.2) is 95.9 Å². The van der Waals surface area contributed by atoms with Crippen LogP contribution in [0.2, 0.25) is 0 Å². The Morgan fingerprint density at radius 1 is 0.438 bits per heavy atom. The van der Waals surface area contributed by atoms with Crippen molar-refractivity contribution in [1.82, 2.24) is 0 Å². The number of thiol groups is 1. The first-order valence-corrected chi connectivity index (χ1v) is 17.3. The molecule has 0 fully saturated rings. The van der Waals surface area contributed by atoms with Gasteiger partial charge in [-0.3, -0.25) is 9.59 Å². The summed E-state index contributed by atoms with van der Waals surface area (Å²) in [5, 5.41) is 6.26. The van der Waals surface area contributed by atoms with Gasteiger partial charge in [0.15, 0.2) is 0 Å². The highest BCUT2D eigenvalue weighted by molar-refractivity contribution is 7.80. The van der Waals surface area contributed by atoms with Crippen LogP contribution >= 0.6 is 12.6 Å². The maximum atomic E-state index is 15.3. The lowest BCUT2D eigenvalue weighted by atomic mass is 9.67. The monoisotopic (exact) mass is 662 g/mol. The summed E-state index contributed by atoms with van der Waals surface area (Å²) < 4.78 is 0. The Bertz CT molecular complexity index is 1620. The molecule has 0 saturated carbocycles. The summed E-state index contributed by atoms with van der Waals surface area (Å²) in [5.41, 5.74) is 5.24. The van der Waals surface area contributed by atoms with Crippen LogP contribution in [0.3, 0.4) is 0 Å². The number of hydrogen-bond donors (Lipinski definition) is 3. The Kier molecular flexibility index (Phi) is 10.2. The molecule has 2 N–H and O–H groups in total. The molecule has 0 heterocycles. The third-order valence-electron chi connectivity index (χ3n) is 9.11. The van der Waals surface area contributed by atoms with Crippen LogP contribution in [0, 0.1) is 5.41 Å². The van der Waals surface area contributed by atoms with Crippen molar-refractivity contribution in [3.63, 3.8) is 0 Å². The summed E-state index contributed by atoms with van der Waals surface area (Å²) in [7, 11) is 0. The predicted octanol–water partition coefficient (Wildman–Crippen LogP) is 10.8. The topological polar surface area (TPSA) is 58.2 Å². The fourth-order valence-electron chi connectivity index (χ4n) is 5.83. The fraction of sp³-hybridized carbons (Fsp3) is 0.395. The molecule has 0 saturated heterocycles. The van der Waals surface area contributed by atoms with Crippen LogP contribution in [0.25, 0.3) is 0 Å². The average molecular weight is 663 g/mol. The highest BCUT2D eigenvalue weighted by atomic mass is 32.1. The number of amides is 2. The number of rotatable bonds is 6. The van der Waals surface area contributed by atoms with Gasteiger partial charge in [0.2, 0.25) is 11.8 Å². The Balaban J connectivity index is 1.99. The smallest absolute Gasteiger partial charge is 0.244 e. The zero-order chi connectivity index (χ0) is 35.9. The van der Waals surface area contributed by atoms with Gasteiger partial charge in [-0.1, -0.05) is 162 Å². The van der Waals surface area contributed by atoms with E-state index >= 15 is 4.79 Å². The van der Waals surface area contributed by atoms with Gasteiger partial charge < -0.3 is 10.6 Å². The molecule has 2 amide bonds. The summed E-state index contributed by atoms with van der Waals surface area (Å²) in [6.45, 7) is 25.3. The lowest BCUT2D eigenvalue weighted by molar-refractivity contribution is -0.123. The minimum Gasteiger partial charge on any atom is -0.325 e. The Labute approximate surface area is 294 Å². The van der Waals surface area contributed by atoms with Crippen LogP contribution in [0.4, 0.5) is 11.4 Å². The molecule has 4 rings (SSSR count). The van der Waals surface area contributed by atoms with Gasteiger partial charge in [0.1, 0.15) is 5.41 Å². The summed E-state index contributed by atoms with van der Waals surface area (Å²) in [6, 6.07) is 30.8. The van der Waals surface area contributed by atoms with Crippen molar-refractivity contribution >= 4 is 35.8 Å². The van der Waals surface area contributed by atoms with E-state index in [1.54, 1.807) is 6.07 Å². The quantitative estimate of drug-likeness (QED) is 0.142. The summed E-state index contributed by atoms with van der Waals surface area (Å²) in [5.74, 6) is -0.347. The third-order valence-corrected chi connectivity index (χ3v) is 9.59. The van der Waals surface area contributed by atoms with E-state index in [0.29, 0.717) is 16.3 Å². The van der Waals surface area contributed by atoms with E-state index in [1.165, 1.54) is 16.7 Å². The van der Waals surface area contributed by atoms with Gasteiger partial charge in [0.25, 0.3) is 0 Å². The Hall–Kier alpha value is -3.83. The average Bonchev–Trinajstić information content (AvgIpc) is 2.98. The highest BCUT2D eigenvalue weighted by Crippen LogP contribution is 2.43. The second-order valence-electron chi connectivity index (χ2n) is 17.1. The molecule has 254 valence electrons. The van der Waals surface area contributed by atoms with Crippen LogP contribution in [0.1, 0.15) is 116 Å². The Morgan fingerprint density at radius 2 is 0.708 bits per heavy atom. The number of carbonyl (C=O) groups is 2. The van der Waals surface area contributed by atoms with E-state index in [4.69, 9.17) is 12.6 Å². The summed E-state index contributed by atoms with van der Waals surface area (Å²) in [6.07, 6.45) is 0. The normalized spacial score (nSPS) is 12.9. The number of benzene rings is 4. The molecule has 0 aromatic heterocycles. The predicted molar refractivity (Wildman–Crippen MR) is 206 cm³/mol. The van der Waals surface area contributed by atoms with E-state index in [9.17, 15) is 4.79 Å². The van der Waals surface area contributed by atoms with Gasteiger partial charge in [-0.05, 0) is 61.8 Å². The summed E-state index contributed by atoms with van der Waals surface area (Å²) >= 11 is 4.82. The largest absolute Gasteiger partial charge is 0.325 e. The number of nitrogens with one attached hydrogen (secondary N) is 2. The van der Waals surface area contributed by atoms with E-state index in [0.717, 1.165) is 16.7 Å². The molecular formula is C43H54N2O2S. The van der Waals surface area contributed by atoms with E-state index in [1.807, 2.05) is 32.9 Å². The standard InChI is InChI=1S/C43H54N2O2S/c1-39(2,3)28-16-22-31(23-17-28)43(32-24-18-29(19-25-32)40(4,5)6,33-26-20-30(21-27-33)41(7,8)9)38(47)45-35-15-13-14-34(36(35)48)44-37(46)42(10,11)12/h13-27,48H,1-12H3,(H,44,46)(H,45,47). The number of carbonyl (C=O) groups excluding carboxylic acids is 2. The van der Waals surface area contributed by atoms with E-state index < -0.39 is 10.8 Å². The van der Waals surface area contributed by atoms with Crippen molar-refractivity contribution in [2.75, 3.05) is 10.6 Å². The van der Waals surface area contributed by atoms with Crippen molar-refractivity contribution in [1.29, 1.82) is 0 Å². The van der Waals surface area contributed by atoms with Crippen LogP contribution in [-0.4, -0.2) is 11.8 Å². The van der Waals surface area contributed by atoms with Crippen LogP contribution in [0.5, 0.6) is 0 Å². The second kappa shape index (κ2) is 13.2. The molecule has 48 heavy (non-hydrogen) atoms. The van der Waals surface area contributed by atoms with Gasteiger partial charge in [-0.15, -0.1) is 12.6 Å². The lowest BCUT2D eigenvalue weighted by Gasteiger charge is -2.36.